The normalized spacial score (nSPS) is 14.9. The highest BCUT2D eigenvalue weighted by Crippen LogP contribution is 2.34. The number of rotatable bonds is 6. The van der Waals surface area contributed by atoms with Gasteiger partial charge >= 0.3 is 0 Å². The summed E-state index contributed by atoms with van der Waals surface area (Å²) in [6.45, 7) is 5.98. The quantitative estimate of drug-likeness (QED) is 0.806. The van der Waals surface area contributed by atoms with Crippen molar-refractivity contribution in [2.45, 2.75) is 52.6 Å². The van der Waals surface area contributed by atoms with Crippen LogP contribution in [0.2, 0.25) is 0 Å². The van der Waals surface area contributed by atoms with Crippen LogP contribution < -0.4 is 5.73 Å². The van der Waals surface area contributed by atoms with Crippen molar-refractivity contribution in [3.8, 4) is 0 Å². The average Bonchev–Trinajstić information content (AvgIpc) is 2.93. The van der Waals surface area contributed by atoms with E-state index in [1.807, 2.05) is 9.47 Å². The van der Waals surface area contributed by atoms with E-state index < -0.39 is 5.41 Å². The van der Waals surface area contributed by atoms with E-state index >= 15 is 0 Å². The molecule has 0 fully saturated rings. The van der Waals surface area contributed by atoms with Crippen LogP contribution >= 0.6 is 12.2 Å². The lowest BCUT2D eigenvalue weighted by Gasteiger charge is -2.38. The second kappa shape index (κ2) is 6.51. The molecule has 116 valence electrons. The van der Waals surface area contributed by atoms with Crippen LogP contribution in [-0.2, 0) is 17.9 Å². The van der Waals surface area contributed by atoms with Gasteiger partial charge in [-0.25, -0.2) is 0 Å². The first kappa shape index (κ1) is 15.9. The predicted molar refractivity (Wildman–Crippen MR) is 84.5 cm³/mol. The molecule has 7 heteroatoms. The van der Waals surface area contributed by atoms with Gasteiger partial charge in [0.2, 0.25) is 5.91 Å². The summed E-state index contributed by atoms with van der Waals surface area (Å²) >= 11 is 5.26. The van der Waals surface area contributed by atoms with E-state index in [9.17, 15) is 4.79 Å². The number of nitrogens with two attached hydrogens (primary N) is 1. The summed E-state index contributed by atoms with van der Waals surface area (Å²) in [6.07, 6.45) is 4.88. The summed E-state index contributed by atoms with van der Waals surface area (Å²) in [5.74, 6) is 0.868. The fourth-order valence-corrected chi connectivity index (χ4v) is 3.38. The molecular formula is C14H23N5OS. The summed E-state index contributed by atoms with van der Waals surface area (Å²) in [7, 11) is 0. The van der Waals surface area contributed by atoms with Gasteiger partial charge in [0.1, 0.15) is 6.33 Å². The van der Waals surface area contributed by atoms with Crippen molar-refractivity contribution in [2.75, 3.05) is 6.54 Å². The van der Waals surface area contributed by atoms with Gasteiger partial charge in [-0.2, -0.15) is 0 Å². The smallest absolute Gasteiger partial charge is 0.236 e. The molecule has 2 heterocycles. The molecule has 0 aliphatic carbocycles. The minimum Gasteiger partial charge on any atom is -0.392 e. The molecule has 1 aromatic heterocycles. The maximum atomic E-state index is 13.1. The van der Waals surface area contributed by atoms with Gasteiger partial charge in [0.25, 0.3) is 0 Å². The lowest BCUT2D eigenvalue weighted by Crippen LogP contribution is -2.52. The number of hydrogen-bond acceptors (Lipinski definition) is 4. The fourth-order valence-electron chi connectivity index (χ4n) is 3.09. The Morgan fingerprint density at radius 3 is 2.62 bits per heavy atom. The van der Waals surface area contributed by atoms with Gasteiger partial charge in [-0.15, -0.1) is 10.2 Å². The minimum atomic E-state index is -0.707. The van der Waals surface area contributed by atoms with E-state index in [2.05, 4.69) is 24.0 Å². The van der Waals surface area contributed by atoms with Gasteiger partial charge in [-0.05, 0) is 12.8 Å². The Balaban J connectivity index is 2.24. The van der Waals surface area contributed by atoms with Crippen molar-refractivity contribution in [3.63, 3.8) is 0 Å². The van der Waals surface area contributed by atoms with E-state index in [4.69, 9.17) is 18.0 Å². The second-order valence-electron chi connectivity index (χ2n) is 5.61. The molecule has 0 unspecified atom stereocenters. The van der Waals surface area contributed by atoms with E-state index in [1.165, 1.54) is 0 Å². The van der Waals surface area contributed by atoms with Crippen LogP contribution in [0.5, 0.6) is 0 Å². The topological polar surface area (TPSA) is 77.0 Å². The van der Waals surface area contributed by atoms with Crippen molar-refractivity contribution in [2.24, 2.45) is 11.1 Å². The van der Waals surface area contributed by atoms with Crippen molar-refractivity contribution in [3.05, 3.63) is 12.2 Å². The van der Waals surface area contributed by atoms with Crippen molar-refractivity contribution in [1.29, 1.82) is 0 Å². The van der Waals surface area contributed by atoms with Crippen LogP contribution in [0, 0.1) is 5.41 Å². The van der Waals surface area contributed by atoms with Crippen molar-refractivity contribution in [1.82, 2.24) is 19.7 Å². The summed E-state index contributed by atoms with van der Waals surface area (Å²) in [4.78, 5) is 15.2. The lowest BCUT2D eigenvalue weighted by atomic mass is 9.77. The molecule has 0 spiro atoms. The predicted octanol–water partition coefficient (Wildman–Crippen LogP) is 1.49. The highest BCUT2D eigenvalue weighted by Gasteiger charge is 2.43. The highest BCUT2D eigenvalue weighted by atomic mass is 32.1. The minimum absolute atomic E-state index is 0.0490. The van der Waals surface area contributed by atoms with Gasteiger partial charge in [-0.1, -0.05) is 38.9 Å². The molecule has 0 aromatic carbocycles. The Labute approximate surface area is 130 Å². The second-order valence-corrected chi connectivity index (χ2v) is 6.05. The molecule has 1 aromatic rings. The van der Waals surface area contributed by atoms with Crippen molar-refractivity contribution >= 4 is 23.1 Å². The standard InChI is InChI=1S/C14H23N5OS/c1-3-5-14(6-4-2,12(15)21)13(20)18-7-8-19-10-16-17-11(19)9-18/h10H,3-9H2,1-2H3,(H2,15,21). The average molecular weight is 309 g/mol. The largest absolute Gasteiger partial charge is 0.392 e. The fraction of sp³-hybridized carbons (Fsp3) is 0.714. The molecule has 21 heavy (non-hydrogen) atoms. The molecule has 6 nitrogen and oxygen atoms in total. The highest BCUT2D eigenvalue weighted by molar-refractivity contribution is 7.80. The number of carbonyl (C=O) groups is 1. The molecule has 2 N–H and O–H groups in total. The Bertz CT molecular complexity index is 521. The molecule has 1 aliphatic heterocycles. The summed E-state index contributed by atoms with van der Waals surface area (Å²) in [5.41, 5.74) is 5.27. The molecule has 0 radical (unpaired) electrons. The Morgan fingerprint density at radius 1 is 1.38 bits per heavy atom. The molecule has 1 amide bonds. The number of hydrogen-bond donors (Lipinski definition) is 1. The van der Waals surface area contributed by atoms with Crippen LogP contribution in [0.25, 0.3) is 0 Å². The molecule has 0 atom stereocenters. The van der Waals surface area contributed by atoms with Crippen LogP contribution in [0.1, 0.15) is 45.4 Å². The lowest BCUT2D eigenvalue weighted by molar-refractivity contribution is -0.140. The van der Waals surface area contributed by atoms with Crippen LogP contribution in [0.15, 0.2) is 6.33 Å². The molecule has 0 saturated carbocycles. The first-order valence-corrected chi connectivity index (χ1v) is 7.92. The Morgan fingerprint density at radius 2 is 2.05 bits per heavy atom. The van der Waals surface area contributed by atoms with E-state index in [1.54, 1.807) is 6.33 Å². The van der Waals surface area contributed by atoms with Gasteiger partial charge in [0.05, 0.1) is 16.9 Å². The van der Waals surface area contributed by atoms with Gasteiger partial charge in [0, 0.05) is 13.1 Å². The monoisotopic (exact) mass is 309 g/mol. The maximum Gasteiger partial charge on any atom is 0.236 e. The summed E-state index contributed by atoms with van der Waals surface area (Å²) in [5, 5.41) is 7.96. The maximum absolute atomic E-state index is 13.1. The Kier molecular flexibility index (Phi) is 4.92. The van der Waals surface area contributed by atoms with E-state index in [0.717, 1.165) is 25.2 Å². The molecule has 1 aliphatic rings. The Hall–Kier alpha value is -1.50. The van der Waals surface area contributed by atoms with Gasteiger partial charge < -0.3 is 15.2 Å². The molecule has 0 saturated heterocycles. The number of carbonyl (C=O) groups excluding carboxylic acids is 1. The van der Waals surface area contributed by atoms with Gasteiger partial charge in [0.15, 0.2) is 5.82 Å². The molecule has 2 rings (SSSR count). The van der Waals surface area contributed by atoms with Crippen molar-refractivity contribution < 1.29 is 4.79 Å². The zero-order chi connectivity index (χ0) is 15.5. The SMILES string of the molecule is CCCC(CCC)(C(=O)N1CCn2cnnc2C1)C(N)=S. The number of nitrogens with zero attached hydrogens (tertiary/aromatic N) is 4. The van der Waals surface area contributed by atoms with Crippen LogP contribution in [-0.4, -0.2) is 37.1 Å². The first-order valence-electron chi connectivity index (χ1n) is 7.51. The number of thiocarbonyl (C=S) groups is 1. The van der Waals surface area contributed by atoms with E-state index in [-0.39, 0.29) is 5.91 Å². The molecular weight excluding hydrogens is 286 g/mol. The first-order chi connectivity index (χ1) is 10.0. The third-order valence-electron chi connectivity index (χ3n) is 4.16. The number of fused-ring (bicyclic) bond motifs is 1. The number of amides is 1. The zero-order valence-electron chi connectivity index (χ0n) is 12.7. The van der Waals surface area contributed by atoms with E-state index in [0.29, 0.717) is 30.9 Å². The van der Waals surface area contributed by atoms with Crippen LogP contribution in [0.4, 0.5) is 0 Å². The summed E-state index contributed by atoms with van der Waals surface area (Å²) < 4.78 is 1.98. The zero-order valence-corrected chi connectivity index (χ0v) is 13.5. The summed E-state index contributed by atoms with van der Waals surface area (Å²) in [6, 6.07) is 0. The third-order valence-corrected chi connectivity index (χ3v) is 4.55. The van der Waals surface area contributed by atoms with Gasteiger partial charge in [-0.3, -0.25) is 4.79 Å². The third kappa shape index (κ3) is 2.92. The van der Waals surface area contributed by atoms with Crippen LogP contribution in [0.3, 0.4) is 0 Å². The molecule has 0 bridgehead atoms. The number of aromatic nitrogens is 3.